The van der Waals surface area contributed by atoms with Crippen LogP contribution in [0.15, 0.2) is 0 Å². The largest absolute Gasteiger partial charge is 0.299 e. The zero-order valence-corrected chi connectivity index (χ0v) is 9.72. The van der Waals surface area contributed by atoms with Gasteiger partial charge in [-0.25, -0.2) is 0 Å². The molecule has 0 radical (unpaired) electrons. The summed E-state index contributed by atoms with van der Waals surface area (Å²) in [6.07, 6.45) is 9.43. The van der Waals surface area contributed by atoms with Crippen LogP contribution in [-0.2, 0) is 4.79 Å². The van der Waals surface area contributed by atoms with Gasteiger partial charge >= 0.3 is 0 Å². The van der Waals surface area contributed by atoms with E-state index in [9.17, 15) is 4.79 Å². The van der Waals surface area contributed by atoms with Gasteiger partial charge in [0.05, 0.1) is 0 Å². The molecule has 0 aromatic rings. The van der Waals surface area contributed by atoms with E-state index in [4.69, 9.17) is 0 Å². The molecular weight excluding hydrogens is 172 g/mol. The lowest BCUT2D eigenvalue weighted by atomic mass is 9.79. The molecule has 0 heterocycles. The molecule has 0 bridgehead atoms. The van der Waals surface area contributed by atoms with Crippen molar-refractivity contribution in [1.29, 1.82) is 0 Å². The van der Waals surface area contributed by atoms with Crippen LogP contribution in [0, 0.1) is 11.8 Å². The van der Waals surface area contributed by atoms with E-state index >= 15 is 0 Å². The predicted octanol–water partition coefficient (Wildman–Crippen LogP) is 3.96. The van der Waals surface area contributed by atoms with Crippen LogP contribution in [-0.4, -0.2) is 5.78 Å². The van der Waals surface area contributed by atoms with E-state index in [2.05, 4.69) is 13.8 Å². The summed E-state index contributed by atoms with van der Waals surface area (Å²) in [5.74, 6) is 1.67. The minimum atomic E-state index is 0.371. The molecule has 0 aliphatic heterocycles. The normalized spacial score (nSPS) is 19.0. The van der Waals surface area contributed by atoms with Crippen LogP contribution < -0.4 is 0 Å². The fraction of sp³-hybridized carbons (Fsp3) is 0.923. The average molecular weight is 196 g/mol. The number of ketones is 1. The molecule has 1 nitrogen and oxygen atoms in total. The van der Waals surface area contributed by atoms with Gasteiger partial charge in [-0.15, -0.1) is 0 Å². The van der Waals surface area contributed by atoms with Crippen LogP contribution in [0.5, 0.6) is 0 Å². The molecule has 1 aliphatic rings. The van der Waals surface area contributed by atoms with Gasteiger partial charge in [-0.05, 0) is 18.8 Å². The minimum Gasteiger partial charge on any atom is -0.299 e. The smallest absolute Gasteiger partial charge is 0.136 e. The Balaban J connectivity index is 2.23. The van der Waals surface area contributed by atoms with Gasteiger partial charge in [-0.1, -0.05) is 46.0 Å². The van der Waals surface area contributed by atoms with E-state index < -0.39 is 0 Å². The minimum absolute atomic E-state index is 0.371. The van der Waals surface area contributed by atoms with Crippen molar-refractivity contribution in [3.05, 3.63) is 0 Å². The number of carbonyl (C=O) groups is 1. The summed E-state index contributed by atoms with van der Waals surface area (Å²) in [7, 11) is 0. The first-order chi connectivity index (χ1) is 6.77. The lowest BCUT2D eigenvalue weighted by Gasteiger charge is -2.26. The van der Waals surface area contributed by atoms with Crippen molar-refractivity contribution in [2.45, 2.75) is 65.2 Å². The first kappa shape index (κ1) is 11.7. The second-order valence-electron chi connectivity index (χ2n) is 4.71. The lowest BCUT2D eigenvalue weighted by Crippen LogP contribution is -2.21. The Morgan fingerprint density at radius 2 is 2.07 bits per heavy atom. The molecule has 0 spiro atoms. The van der Waals surface area contributed by atoms with Crippen molar-refractivity contribution in [2.75, 3.05) is 0 Å². The average Bonchev–Trinajstić information content (AvgIpc) is 2.13. The van der Waals surface area contributed by atoms with Crippen molar-refractivity contribution in [1.82, 2.24) is 0 Å². The number of carbonyl (C=O) groups excluding carboxylic acids is 1. The quantitative estimate of drug-likeness (QED) is 0.602. The zero-order valence-electron chi connectivity index (χ0n) is 9.72. The third-order valence-corrected chi connectivity index (χ3v) is 3.57. The summed E-state index contributed by atoms with van der Waals surface area (Å²) in [4.78, 5) is 11.9. The second kappa shape index (κ2) is 6.21. The number of rotatable bonds is 7. The Hall–Kier alpha value is -0.330. The molecule has 82 valence electrons. The molecular formula is C13H24O. The van der Waals surface area contributed by atoms with E-state index in [0.29, 0.717) is 11.7 Å². The van der Waals surface area contributed by atoms with Crippen LogP contribution in [0.25, 0.3) is 0 Å². The van der Waals surface area contributed by atoms with Gasteiger partial charge in [-0.3, -0.25) is 4.79 Å². The molecule has 0 saturated heterocycles. The van der Waals surface area contributed by atoms with Crippen LogP contribution in [0.4, 0.5) is 0 Å². The highest BCUT2D eigenvalue weighted by Gasteiger charge is 2.24. The lowest BCUT2D eigenvalue weighted by molar-refractivity contribution is -0.124. The summed E-state index contributed by atoms with van der Waals surface area (Å²) < 4.78 is 0. The standard InChI is InChI=1S/C13H24O/c1-3-5-9-12(4-2)13(14)10-11-7-6-8-11/h11-12H,3-10H2,1-2H3. The van der Waals surface area contributed by atoms with Crippen LogP contribution in [0.2, 0.25) is 0 Å². The molecule has 14 heavy (non-hydrogen) atoms. The second-order valence-corrected chi connectivity index (χ2v) is 4.71. The van der Waals surface area contributed by atoms with E-state index in [1.165, 1.54) is 32.1 Å². The molecule has 0 amide bonds. The van der Waals surface area contributed by atoms with Crippen LogP contribution >= 0.6 is 0 Å². The highest BCUT2D eigenvalue weighted by Crippen LogP contribution is 2.31. The van der Waals surface area contributed by atoms with Crippen molar-refractivity contribution >= 4 is 5.78 Å². The van der Waals surface area contributed by atoms with Crippen molar-refractivity contribution in [2.24, 2.45) is 11.8 Å². The number of unbranched alkanes of at least 4 members (excludes halogenated alkanes) is 1. The Morgan fingerprint density at radius 3 is 2.50 bits per heavy atom. The van der Waals surface area contributed by atoms with Crippen LogP contribution in [0.3, 0.4) is 0 Å². The molecule has 1 heteroatoms. The van der Waals surface area contributed by atoms with Gasteiger partial charge in [0.25, 0.3) is 0 Å². The van der Waals surface area contributed by atoms with E-state index in [0.717, 1.165) is 25.2 Å². The van der Waals surface area contributed by atoms with Crippen molar-refractivity contribution < 1.29 is 4.79 Å². The van der Waals surface area contributed by atoms with Gasteiger partial charge < -0.3 is 0 Å². The van der Waals surface area contributed by atoms with E-state index in [1.807, 2.05) is 0 Å². The van der Waals surface area contributed by atoms with Gasteiger partial charge in [-0.2, -0.15) is 0 Å². The maximum absolute atomic E-state index is 11.9. The predicted molar refractivity (Wildman–Crippen MR) is 60.3 cm³/mol. The molecule has 0 aromatic heterocycles. The monoisotopic (exact) mass is 196 g/mol. The number of Topliss-reactive ketones (excluding diaryl/α,β-unsaturated/α-hetero) is 1. The van der Waals surface area contributed by atoms with E-state index in [-0.39, 0.29) is 0 Å². The van der Waals surface area contributed by atoms with Crippen LogP contribution in [0.1, 0.15) is 65.2 Å². The molecule has 0 aromatic carbocycles. The molecule has 0 N–H and O–H groups in total. The summed E-state index contributed by atoms with van der Waals surface area (Å²) >= 11 is 0. The number of hydrogen-bond acceptors (Lipinski definition) is 1. The SMILES string of the molecule is CCCCC(CC)C(=O)CC1CCC1. The Labute approximate surface area is 88.3 Å². The van der Waals surface area contributed by atoms with Crippen molar-refractivity contribution in [3.63, 3.8) is 0 Å². The summed E-state index contributed by atoms with van der Waals surface area (Å²) in [5.41, 5.74) is 0. The third-order valence-electron chi connectivity index (χ3n) is 3.57. The molecule has 1 unspecified atom stereocenters. The fourth-order valence-electron chi connectivity index (χ4n) is 2.19. The molecule has 1 aliphatic carbocycles. The van der Waals surface area contributed by atoms with Gasteiger partial charge in [0.15, 0.2) is 0 Å². The topological polar surface area (TPSA) is 17.1 Å². The summed E-state index contributed by atoms with van der Waals surface area (Å²) in [6, 6.07) is 0. The third kappa shape index (κ3) is 3.43. The molecule has 1 atom stereocenters. The first-order valence-corrected chi connectivity index (χ1v) is 6.30. The Kier molecular flexibility index (Phi) is 5.21. The van der Waals surface area contributed by atoms with E-state index in [1.54, 1.807) is 0 Å². The van der Waals surface area contributed by atoms with Crippen molar-refractivity contribution in [3.8, 4) is 0 Å². The van der Waals surface area contributed by atoms with Gasteiger partial charge in [0, 0.05) is 12.3 Å². The zero-order chi connectivity index (χ0) is 10.4. The molecule has 1 fully saturated rings. The molecule has 1 rings (SSSR count). The maximum atomic E-state index is 11.9. The fourth-order valence-corrected chi connectivity index (χ4v) is 2.19. The first-order valence-electron chi connectivity index (χ1n) is 6.30. The highest BCUT2D eigenvalue weighted by molar-refractivity contribution is 5.81. The maximum Gasteiger partial charge on any atom is 0.136 e. The Bertz CT molecular complexity index is 170. The summed E-state index contributed by atoms with van der Waals surface area (Å²) in [6.45, 7) is 4.35. The highest BCUT2D eigenvalue weighted by atomic mass is 16.1. The van der Waals surface area contributed by atoms with Gasteiger partial charge in [0.2, 0.25) is 0 Å². The summed E-state index contributed by atoms with van der Waals surface area (Å²) in [5, 5.41) is 0. The number of hydrogen-bond donors (Lipinski definition) is 0. The van der Waals surface area contributed by atoms with Gasteiger partial charge in [0.1, 0.15) is 5.78 Å². The Morgan fingerprint density at radius 1 is 1.36 bits per heavy atom. The molecule has 1 saturated carbocycles.